The Balaban J connectivity index is 3.23. The Morgan fingerprint density at radius 3 is 2.62 bits per heavy atom. The average Bonchev–Trinajstić information content (AvgIpc) is 2.08. The van der Waals surface area contributed by atoms with Crippen LogP contribution in [0.2, 0.25) is 5.02 Å². The molecule has 0 N–H and O–H groups in total. The fraction of sp³-hybridized carbons (Fsp3) is 0.333. The van der Waals surface area contributed by atoms with Crippen LogP contribution in [0.3, 0.4) is 0 Å². The zero-order chi connectivity index (χ0) is 9.84. The zero-order valence-corrected chi connectivity index (χ0v) is 9.15. The summed E-state index contributed by atoms with van der Waals surface area (Å²) in [5.41, 5.74) is 3.77. The van der Waals surface area contributed by atoms with Gasteiger partial charge in [-0.3, -0.25) is 0 Å². The maximum Gasteiger partial charge on any atom is 0.0481 e. The van der Waals surface area contributed by atoms with Gasteiger partial charge in [0.1, 0.15) is 0 Å². The summed E-state index contributed by atoms with van der Waals surface area (Å²) in [5, 5.41) is 0.848. The van der Waals surface area contributed by atoms with Crippen molar-refractivity contribution in [3.05, 3.63) is 39.9 Å². The number of rotatable bonds is 2. The van der Waals surface area contributed by atoms with E-state index in [0.717, 1.165) is 11.4 Å². The highest BCUT2D eigenvalue weighted by atomic mass is 35.5. The third-order valence-electron chi connectivity index (χ3n) is 1.96. The molecule has 1 aromatic carbocycles. The molecule has 0 bridgehead atoms. The van der Waals surface area contributed by atoms with E-state index in [9.17, 15) is 0 Å². The Morgan fingerprint density at radius 1 is 1.38 bits per heavy atom. The Labute approximate surface area is 85.2 Å². The molecule has 1 rings (SSSR count). The molecule has 0 spiro atoms. The third-order valence-corrected chi connectivity index (χ3v) is 2.29. The third kappa shape index (κ3) is 2.60. The first-order valence-electron chi connectivity index (χ1n) is 4.57. The van der Waals surface area contributed by atoms with Crippen LogP contribution in [0.4, 0.5) is 0 Å². The van der Waals surface area contributed by atoms with Gasteiger partial charge in [0.15, 0.2) is 0 Å². The van der Waals surface area contributed by atoms with Crippen molar-refractivity contribution in [2.75, 3.05) is 0 Å². The predicted molar refractivity (Wildman–Crippen MR) is 60.2 cm³/mol. The van der Waals surface area contributed by atoms with E-state index in [2.05, 4.69) is 32.9 Å². The number of allylic oxidation sites excluding steroid dienone is 1. The van der Waals surface area contributed by atoms with Crippen molar-refractivity contribution >= 4 is 17.7 Å². The zero-order valence-electron chi connectivity index (χ0n) is 8.39. The van der Waals surface area contributed by atoms with E-state index in [0.29, 0.717) is 0 Å². The second-order valence-corrected chi connectivity index (χ2v) is 3.80. The van der Waals surface area contributed by atoms with Gasteiger partial charge in [0, 0.05) is 5.02 Å². The molecule has 0 aromatic heterocycles. The Morgan fingerprint density at radius 2 is 2.08 bits per heavy atom. The van der Waals surface area contributed by atoms with Gasteiger partial charge in [0.25, 0.3) is 0 Å². The highest BCUT2D eigenvalue weighted by Crippen LogP contribution is 2.23. The summed E-state index contributed by atoms with van der Waals surface area (Å²) in [6.45, 7) is 6.32. The molecule has 70 valence electrons. The van der Waals surface area contributed by atoms with Crippen molar-refractivity contribution in [1.29, 1.82) is 0 Å². The summed E-state index contributed by atoms with van der Waals surface area (Å²) in [5.74, 6) is 0. The van der Waals surface area contributed by atoms with Crippen molar-refractivity contribution in [2.24, 2.45) is 0 Å². The second kappa shape index (κ2) is 4.48. The van der Waals surface area contributed by atoms with Gasteiger partial charge < -0.3 is 0 Å². The van der Waals surface area contributed by atoms with E-state index in [4.69, 9.17) is 11.6 Å². The van der Waals surface area contributed by atoms with Crippen molar-refractivity contribution in [1.82, 2.24) is 0 Å². The molecule has 0 aliphatic carbocycles. The SMILES string of the molecule is CCc1cccc(Cl)c1C=C(C)C. The van der Waals surface area contributed by atoms with Crippen LogP contribution in [0.1, 0.15) is 31.9 Å². The highest BCUT2D eigenvalue weighted by Gasteiger charge is 2.01. The number of hydrogen-bond donors (Lipinski definition) is 0. The first-order chi connectivity index (χ1) is 6.15. The van der Waals surface area contributed by atoms with Crippen LogP contribution in [0.25, 0.3) is 6.08 Å². The smallest absolute Gasteiger partial charge is 0.0481 e. The van der Waals surface area contributed by atoms with Crippen LogP contribution in [0.15, 0.2) is 23.8 Å². The van der Waals surface area contributed by atoms with Gasteiger partial charge in [-0.05, 0) is 37.5 Å². The second-order valence-electron chi connectivity index (χ2n) is 3.39. The largest absolute Gasteiger partial charge is 0.0837 e. The van der Waals surface area contributed by atoms with E-state index in [1.54, 1.807) is 0 Å². The minimum absolute atomic E-state index is 0.848. The Hall–Kier alpha value is -0.750. The summed E-state index contributed by atoms with van der Waals surface area (Å²) >= 11 is 6.11. The maximum absolute atomic E-state index is 6.11. The molecule has 0 aliphatic heterocycles. The molecule has 1 heteroatoms. The predicted octanol–water partition coefficient (Wildman–Crippen LogP) is 4.33. The molecule has 0 amide bonds. The summed E-state index contributed by atoms with van der Waals surface area (Å²) in [7, 11) is 0. The van der Waals surface area contributed by atoms with E-state index < -0.39 is 0 Å². The molecule has 0 nitrogen and oxygen atoms in total. The van der Waals surface area contributed by atoms with Gasteiger partial charge in [-0.25, -0.2) is 0 Å². The number of aryl methyl sites for hydroxylation is 1. The summed E-state index contributed by atoms with van der Waals surface area (Å²) < 4.78 is 0. The van der Waals surface area contributed by atoms with Gasteiger partial charge in [-0.2, -0.15) is 0 Å². The lowest BCUT2D eigenvalue weighted by Crippen LogP contribution is -1.87. The van der Waals surface area contributed by atoms with E-state index in [1.165, 1.54) is 16.7 Å². The molecule has 13 heavy (non-hydrogen) atoms. The minimum atomic E-state index is 0.848. The minimum Gasteiger partial charge on any atom is -0.0837 e. The van der Waals surface area contributed by atoms with Crippen LogP contribution in [-0.2, 0) is 6.42 Å². The molecule has 0 saturated carbocycles. The van der Waals surface area contributed by atoms with Gasteiger partial charge >= 0.3 is 0 Å². The molecule has 0 saturated heterocycles. The molecular weight excluding hydrogens is 180 g/mol. The summed E-state index contributed by atoms with van der Waals surface area (Å²) in [6, 6.07) is 6.07. The topological polar surface area (TPSA) is 0 Å². The average molecular weight is 195 g/mol. The van der Waals surface area contributed by atoms with Gasteiger partial charge in [0.2, 0.25) is 0 Å². The number of hydrogen-bond acceptors (Lipinski definition) is 0. The van der Waals surface area contributed by atoms with Gasteiger partial charge in [-0.15, -0.1) is 0 Å². The number of halogens is 1. The molecule has 0 aliphatic rings. The molecule has 0 unspecified atom stereocenters. The van der Waals surface area contributed by atoms with Crippen LogP contribution in [0.5, 0.6) is 0 Å². The quantitative estimate of drug-likeness (QED) is 0.658. The monoisotopic (exact) mass is 194 g/mol. The first kappa shape index (κ1) is 10.3. The van der Waals surface area contributed by atoms with Crippen molar-refractivity contribution in [3.8, 4) is 0 Å². The lowest BCUT2D eigenvalue weighted by atomic mass is 10.0. The van der Waals surface area contributed by atoms with Crippen LogP contribution < -0.4 is 0 Å². The lowest BCUT2D eigenvalue weighted by Gasteiger charge is -2.05. The fourth-order valence-corrected chi connectivity index (χ4v) is 1.59. The molecular formula is C12H15Cl. The maximum atomic E-state index is 6.11. The molecule has 0 radical (unpaired) electrons. The van der Waals surface area contributed by atoms with E-state index >= 15 is 0 Å². The molecule has 0 fully saturated rings. The van der Waals surface area contributed by atoms with Crippen molar-refractivity contribution in [2.45, 2.75) is 27.2 Å². The van der Waals surface area contributed by atoms with Gasteiger partial charge in [-0.1, -0.05) is 42.3 Å². The summed E-state index contributed by atoms with van der Waals surface area (Å²) in [6.07, 6.45) is 3.17. The molecule has 0 heterocycles. The molecule has 1 aromatic rings. The number of benzene rings is 1. The van der Waals surface area contributed by atoms with Crippen molar-refractivity contribution < 1.29 is 0 Å². The van der Waals surface area contributed by atoms with Crippen LogP contribution in [-0.4, -0.2) is 0 Å². The highest BCUT2D eigenvalue weighted by molar-refractivity contribution is 6.32. The van der Waals surface area contributed by atoms with E-state index in [1.807, 2.05) is 12.1 Å². The Bertz CT molecular complexity index is 320. The summed E-state index contributed by atoms with van der Waals surface area (Å²) in [4.78, 5) is 0. The van der Waals surface area contributed by atoms with Crippen molar-refractivity contribution in [3.63, 3.8) is 0 Å². The van der Waals surface area contributed by atoms with E-state index in [-0.39, 0.29) is 0 Å². The first-order valence-corrected chi connectivity index (χ1v) is 4.95. The molecule has 0 atom stereocenters. The lowest BCUT2D eigenvalue weighted by molar-refractivity contribution is 1.13. The normalized spacial score (nSPS) is 9.85. The van der Waals surface area contributed by atoms with Gasteiger partial charge in [0.05, 0.1) is 0 Å². The fourth-order valence-electron chi connectivity index (χ4n) is 1.34. The Kier molecular flexibility index (Phi) is 3.56. The van der Waals surface area contributed by atoms with Crippen LogP contribution in [0, 0.1) is 0 Å². The van der Waals surface area contributed by atoms with Crippen LogP contribution >= 0.6 is 11.6 Å². The standard InChI is InChI=1S/C12H15Cl/c1-4-10-6-5-7-12(13)11(10)8-9(2)3/h5-8H,4H2,1-3H3.